The molecule has 74 valence electrons. The van der Waals surface area contributed by atoms with Crippen LogP contribution in [-0.4, -0.2) is 4.98 Å². The van der Waals surface area contributed by atoms with Crippen molar-refractivity contribution >= 4 is 11.3 Å². The van der Waals surface area contributed by atoms with Crippen molar-refractivity contribution in [2.24, 2.45) is 0 Å². The van der Waals surface area contributed by atoms with E-state index in [1.54, 1.807) is 23.6 Å². The van der Waals surface area contributed by atoms with E-state index in [-0.39, 0.29) is 12.4 Å². The van der Waals surface area contributed by atoms with Crippen molar-refractivity contribution in [3.05, 3.63) is 51.9 Å². The summed E-state index contributed by atoms with van der Waals surface area (Å²) in [7, 11) is 0. The first kappa shape index (κ1) is 9.81. The Morgan fingerprint density at radius 1 is 1.40 bits per heavy atom. The molecule has 0 N–H and O–H groups in total. The Kier molecular flexibility index (Phi) is 2.75. The van der Waals surface area contributed by atoms with Crippen LogP contribution in [0.1, 0.15) is 5.01 Å². The third kappa shape index (κ3) is 2.03. The van der Waals surface area contributed by atoms with Gasteiger partial charge in [0.05, 0.1) is 5.69 Å². The summed E-state index contributed by atoms with van der Waals surface area (Å²) in [5.41, 5.74) is 1.10. The average molecular weight is 218 g/mol. The van der Waals surface area contributed by atoms with Gasteiger partial charge in [-0.15, -0.1) is 11.3 Å². The molecule has 2 nitrogen and oxygen atoms in total. The van der Waals surface area contributed by atoms with E-state index in [2.05, 4.69) is 9.83 Å². The van der Waals surface area contributed by atoms with Crippen LogP contribution in [0.15, 0.2) is 29.6 Å². The lowest BCUT2D eigenvalue weighted by molar-refractivity contribution is 0.631. The fourth-order valence-electron chi connectivity index (χ4n) is 1.24. The lowest BCUT2D eigenvalue weighted by atomic mass is 10.2. The van der Waals surface area contributed by atoms with Gasteiger partial charge in [0.1, 0.15) is 5.82 Å². The largest absolute Gasteiger partial charge is 0.309 e. The van der Waals surface area contributed by atoms with Crippen LogP contribution < -0.4 is 0 Å². The minimum Gasteiger partial charge on any atom is -0.309 e. The molecule has 0 saturated heterocycles. The minimum absolute atomic E-state index is 0.263. The number of hydrogen-bond donors (Lipinski definition) is 0. The second kappa shape index (κ2) is 4.20. The zero-order valence-electron chi connectivity index (χ0n) is 7.77. The number of aromatic nitrogens is 1. The molecule has 1 heterocycles. The van der Waals surface area contributed by atoms with Gasteiger partial charge < -0.3 is 4.85 Å². The predicted octanol–water partition coefficient (Wildman–Crippen LogP) is 3.37. The van der Waals surface area contributed by atoms with Gasteiger partial charge in [0.15, 0.2) is 5.01 Å². The van der Waals surface area contributed by atoms with Crippen molar-refractivity contribution in [3.8, 4) is 11.3 Å². The molecular weight excluding hydrogens is 211 g/mol. The van der Waals surface area contributed by atoms with Gasteiger partial charge in [-0.2, -0.15) is 0 Å². The Hall–Kier alpha value is -1.73. The molecule has 1 aromatic carbocycles. The highest BCUT2D eigenvalue weighted by atomic mass is 32.1. The lowest BCUT2D eigenvalue weighted by Crippen LogP contribution is -1.84. The molecule has 0 bridgehead atoms. The maximum absolute atomic E-state index is 13.4. The van der Waals surface area contributed by atoms with Crippen LogP contribution in [0.2, 0.25) is 0 Å². The SMILES string of the molecule is [C-]#[N+]Cc1nc(-c2ccccc2F)cs1. The van der Waals surface area contributed by atoms with Gasteiger partial charge in [-0.3, -0.25) is 0 Å². The van der Waals surface area contributed by atoms with Crippen LogP contribution in [0.4, 0.5) is 4.39 Å². The number of rotatable bonds is 2. The lowest BCUT2D eigenvalue weighted by Gasteiger charge is -1.96. The van der Waals surface area contributed by atoms with Gasteiger partial charge >= 0.3 is 0 Å². The van der Waals surface area contributed by atoms with E-state index in [1.165, 1.54) is 17.4 Å². The highest BCUT2D eigenvalue weighted by Gasteiger charge is 2.09. The third-order valence-corrected chi connectivity index (χ3v) is 2.75. The fourth-order valence-corrected chi connectivity index (χ4v) is 1.96. The van der Waals surface area contributed by atoms with Crippen LogP contribution >= 0.6 is 11.3 Å². The zero-order chi connectivity index (χ0) is 10.7. The summed E-state index contributed by atoms with van der Waals surface area (Å²) >= 11 is 1.39. The molecule has 0 spiro atoms. The van der Waals surface area contributed by atoms with Crippen LogP contribution in [0.25, 0.3) is 16.1 Å². The van der Waals surface area contributed by atoms with Crippen LogP contribution in [0, 0.1) is 12.4 Å². The summed E-state index contributed by atoms with van der Waals surface area (Å²) < 4.78 is 13.4. The zero-order valence-corrected chi connectivity index (χ0v) is 8.59. The molecule has 0 unspecified atom stereocenters. The topological polar surface area (TPSA) is 17.2 Å². The summed E-state index contributed by atoms with van der Waals surface area (Å²) in [5, 5.41) is 2.50. The first-order chi connectivity index (χ1) is 7.31. The number of nitrogens with zero attached hydrogens (tertiary/aromatic N) is 2. The van der Waals surface area contributed by atoms with Crippen LogP contribution in [-0.2, 0) is 6.54 Å². The molecule has 0 fully saturated rings. The average Bonchev–Trinajstić information content (AvgIpc) is 2.68. The van der Waals surface area contributed by atoms with Gasteiger partial charge in [-0.1, -0.05) is 12.1 Å². The number of benzene rings is 1. The maximum Gasteiger partial charge on any atom is 0.265 e. The first-order valence-corrected chi connectivity index (χ1v) is 5.22. The smallest absolute Gasteiger partial charge is 0.265 e. The number of thiazole rings is 1. The van der Waals surface area contributed by atoms with E-state index in [9.17, 15) is 4.39 Å². The van der Waals surface area contributed by atoms with E-state index < -0.39 is 0 Å². The van der Waals surface area contributed by atoms with Gasteiger partial charge in [-0.05, 0) is 12.1 Å². The van der Waals surface area contributed by atoms with Crippen molar-refractivity contribution in [3.63, 3.8) is 0 Å². The third-order valence-electron chi connectivity index (χ3n) is 1.92. The highest BCUT2D eigenvalue weighted by Crippen LogP contribution is 2.24. The molecule has 2 rings (SSSR count). The number of hydrogen-bond acceptors (Lipinski definition) is 2. The fraction of sp³-hybridized carbons (Fsp3) is 0.0909. The molecule has 0 atom stereocenters. The van der Waals surface area contributed by atoms with E-state index in [1.807, 2.05) is 0 Å². The molecule has 0 aliphatic heterocycles. The van der Waals surface area contributed by atoms with E-state index in [0.717, 1.165) is 5.01 Å². The van der Waals surface area contributed by atoms with Gasteiger partial charge in [0.25, 0.3) is 6.54 Å². The molecule has 2 aromatic rings. The quantitative estimate of drug-likeness (QED) is 0.706. The maximum atomic E-state index is 13.4. The van der Waals surface area contributed by atoms with Crippen molar-refractivity contribution in [1.29, 1.82) is 0 Å². The molecule has 0 amide bonds. The van der Waals surface area contributed by atoms with Crippen molar-refractivity contribution < 1.29 is 4.39 Å². The standard InChI is InChI=1S/C11H7FN2S/c1-13-6-11-14-10(7-15-11)8-4-2-3-5-9(8)12/h2-5,7H,6H2. The summed E-state index contributed by atoms with van der Waals surface area (Å²) in [4.78, 5) is 7.44. The molecule has 0 radical (unpaired) electrons. The molecule has 0 aliphatic rings. The summed E-state index contributed by atoms with van der Waals surface area (Å²) in [6, 6.07) is 6.51. The highest BCUT2D eigenvalue weighted by molar-refractivity contribution is 7.09. The normalized spacial score (nSPS) is 9.87. The van der Waals surface area contributed by atoms with Gasteiger partial charge in [0, 0.05) is 10.9 Å². The van der Waals surface area contributed by atoms with Crippen molar-refractivity contribution in [2.45, 2.75) is 6.54 Å². The Morgan fingerprint density at radius 2 is 2.20 bits per heavy atom. The molecule has 0 aliphatic carbocycles. The molecule has 15 heavy (non-hydrogen) atoms. The molecule has 0 saturated carbocycles. The Labute approximate surface area is 90.8 Å². The van der Waals surface area contributed by atoms with E-state index >= 15 is 0 Å². The predicted molar refractivity (Wildman–Crippen MR) is 57.8 cm³/mol. The molecule has 1 aromatic heterocycles. The second-order valence-corrected chi connectivity index (χ2v) is 3.87. The molecule has 4 heteroatoms. The van der Waals surface area contributed by atoms with Gasteiger partial charge in [-0.25, -0.2) is 15.9 Å². The van der Waals surface area contributed by atoms with Crippen molar-refractivity contribution in [2.75, 3.05) is 0 Å². The van der Waals surface area contributed by atoms with Crippen molar-refractivity contribution in [1.82, 2.24) is 4.98 Å². The summed E-state index contributed by atoms with van der Waals surface area (Å²) in [5.74, 6) is -0.280. The Bertz CT molecular complexity index is 513. The minimum atomic E-state index is -0.280. The molecular formula is C11H7FN2S. The summed E-state index contributed by atoms with van der Waals surface area (Å²) in [6.07, 6.45) is 0. The van der Waals surface area contributed by atoms with Crippen LogP contribution in [0.5, 0.6) is 0 Å². The van der Waals surface area contributed by atoms with E-state index in [4.69, 9.17) is 6.57 Å². The Balaban J connectivity index is 2.38. The van der Waals surface area contributed by atoms with Gasteiger partial charge in [0.2, 0.25) is 0 Å². The summed E-state index contributed by atoms with van der Waals surface area (Å²) in [6.45, 7) is 6.98. The van der Waals surface area contributed by atoms with E-state index in [0.29, 0.717) is 11.3 Å². The Morgan fingerprint density at radius 3 is 2.93 bits per heavy atom. The number of halogens is 1. The monoisotopic (exact) mass is 218 g/mol. The second-order valence-electron chi connectivity index (χ2n) is 2.92. The van der Waals surface area contributed by atoms with Crippen LogP contribution in [0.3, 0.4) is 0 Å². The first-order valence-electron chi connectivity index (χ1n) is 4.34.